The molecule has 1 aliphatic rings. The molecule has 2 rings (SSSR count). The molecule has 1 aliphatic heterocycles. The molecule has 3 N–H and O–H groups in total. The Morgan fingerprint density at radius 1 is 1.58 bits per heavy atom. The maximum Gasteiger partial charge on any atom is 0.226 e. The Labute approximate surface area is 113 Å². The summed E-state index contributed by atoms with van der Waals surface area (Å²) in [4.78, 5) is 11.0. The summed E-state index contributed by atoms with van der Waals surface area (Å²) >= 11 is 0. The van der Waals surface area contributed by atoms with E-state index in [-0.39, 0.29) is 18.0 Å². The highest BCUT2D eigenvalue weighted by molar-refractivity contribution is 5.93. The summed E-state index contributed by atoms with van der Waals surface area (Å²) in [5.74, 6) is 0.619. The van der Waals surface area contributed by atoms with Crippen molar-refractivity contribution in [2.75, 3.05) is 18.1 Å². The average molecular weight is 263 g/mol. The van der Waals surface area contributed by atoms with Gasteiger partial charge in [-0.25, -0.2) is 9.97 Å². The van der Waals surface area contributed by atoms with Gasteiger partial charge in [0.05, 0.1) is 18.8 Å². The number of nitrogen functional groups attached to an aromatic ring is 1. The van der Waals surface area contributed by atoms with Crippen molar-refractivity contribution < 1.29 is 4.74 Å². The minimum Gasteiger partial charge on any atom is -0.382 e. The van der Waals surface area contributed by atoms with Crippen LogP contribution in [0.4, 0.5) is 5.95 Å². The lowest BCUT2D eigenvalue weighted by molar-refractivity contribution is 0.0292. The largest absolute Gasteiger partial charge is 0.382 e. The number of anilines is 1. The molecule has 104 valence electrons. The SMILES string of the molecule is CCC1COC(C)CN1c1nc(C)cc(C(=N)N)n1. The molecule has 19 heavy (non-hydrogen) atoms. The summed E-state index contributed by atoms with van der Waals surface area (Å²) in [7, 11) is 0. The Hall–Kier alpha value is -1.69. The standard InChI is InChI=1S/C13H21N5O/c1-4-10-7-19-9(3)6-18(10)13-16-8(2)5-11(17-13)12(14)15/h5,9-10H,4,6-7H2,1-3H3,(H3,14,15). The van der Waals surface area contributed by atoms with Crippen LogP contribution in [-0.2, 0) is 4.74 Å². The molecule has 2 unspecified atom stereocenters. The minimum atomic E-state index is -0.0268. The molecule has 0 bridgehead atoms. The summed E-state index contributed by atoms with van der Waals surface area (Å²) in [6.45, 7) is 7.51. The van der Waals surface area contributed by atoms with E-state index in [4.69, 9.17) is 15.9 Å². The van der Waals surface area contributed by atoms with Crippen LogP contribution in [0, 0.1) is 12.3 Å². The maximum atomic E-state index is 7.52. The van der Waals surface area contributed by atoms with Gasteiger partial charge in [-0.1, -0.05) is 6.92 Å². The topological polar surface area (TPSA) is 88.1 Å². The third kappa shape index (κ3) is 3.01. The van der Waals surface area contributed by atoms with Gasteiger partial charge in [0.1, 0.15) is 11.5 Å². The predicted molar refractivity (Wildman–Crippen MR) is 74.6 cm³/mol. The number of amidine groups is 1. The molecule has 1 saturated heterocycles. The first-order valence-corrected chi connectivity index (χ1v) is 6.59. The second-order valence-corrected chi connectivity index (χ2v) is 4.97. The molecule has 0 aromatic carbocycles. The molecule has 1 aromatic heterocycles. The number of ether oxygens (including phenoxy) is 1. The first kappa shape index (κ1) is 13.7. The molecule has 6 heteroatoms. The predicted octanol–water partition coefficient (Wildman–Crippen LogP) is 1.07. The fraction of sp³-hybridized carbons (Fsp3) is 0.615. The number of hydrogen-bond acceptors (Lipinski definition) is 5. The number of nitrogens with two attached hydrogens (primary N) is 1. The van der Waals surface area contributed by atoms with E-state index >= 15 is 0 Å². The molecule has 6 nitrogen and oxygen atoms in total. The molecule has 1 aromatic rings. The van der Waals surface area contributed by atoms with Crippen molar-refractivity contribution in [1.82, 2.24) is 9.97 Å². The number of hydrogen-bond donors (Lipinski definition) is 2. The van der Waals surface area contributed by atoms with Crippen LogP contribution in [0.5, 0.6) is 0 Å². The lowest BCUT2D eigenvalue weighted by atomic mass is 10.1. The molecular formula is C13H21N5O. The van der Waals surface area contributed by atoms with Crippen molar-refractivity contribution in [2.45, 2.75) is 39.3 Å². The van der Waals surface area contributed by atoms with Gasteiger partial charge in [0.25, 0.3) is 0 Å². The highest BCUT2D eigenvalue weighted by Gasteiger charge is 2.28. The molecule has 0 amide bonds. The van der Waals surface area contributed by atoms with Gasteiger partial charge in [0, 0.05) is 12.2 Å². The number of rotatable bonds is 3. The van der Waals surface area contributed by atoms with Gasteiger partial charge < -0.3 is 15.4 Å². The van der Waals surface area contributed by atoms with E-state index in [0.717, 1.165) is 18.7 Å². The van der Waals surface area contributed by atoms with Crippen molar-refractivity contribution in [3.05, 3.63) is 17.5 Å². The molecule has 2 atom stereocenters. The minimum absolute atomic E-state index is 0.0268. The Kier molecular flexibility index (Phi) is 3.99. The van der Waals surface area contributed by atoms with Gasteiger partial charge in [-0.15, -0.1) is 0 Å². The normalized spacial score (nSPS) is 23.4. The second kappa shape index (κ2) is 5.52. The quantitative estimate of drug-likeness (QED) is 0.629. The third-order valence-electron chi connectivity index (χ3n) is 3.31. The molecule has 0 saturated carbocycles. The molecule has 0 aliphatic carbocycles. The first-order chi connectivity index (χ1) is 9.01. The van der Waals surface area contributed by atoms with Gasteiger partial charge in [0.2, 0.25) is 5.95 Å². The molecule has 1 fully saturated rings. The van der Waals surface area contributed by atoms with E-state index in [1.165, 1.54) is 0 Å². The fourth-order valence-corrected chi connectivity index (χ4v) is 2.25. The van der Waals surface area contributed by atoms with Crippen LogP contribution in [0.2, 0.25) is 0 Å². The van der Waals surface area contributed by atoms with Crippen molar-refractivity contribution >= 4 is 11.8 Å². The summed E-state index contributed by atoms with van der Waals surface area (Å²) in [5.41, 5.74) is 6.83. The second-order valence-electron chi connectivity index (χ2n) is 4.97. The molecule has 2 heterocycles. The Morgan fingerprint density at radius 3 is 2.95 bits per heavy atom. The fourth-order valence-electron chi connectivity index (χ4n) is 2.25. The van der Waals surface area contributed by atoms with E-state index in [2.05, 4.69) is 21.8 Å². The Bertz CT molecular complexity index is 476. The summed E-state index contributed by atoms with van der Waals surface area (Å²) in [5, 5.41) is 7.52. The summed E-state index contributed by atoms with van der Waals surface area (Å²) in [6.07, 6.45) is 1.13. The lowest BCUT2D eigenvalue weighted by Gasteiger charge is -2.38. The van der Waals surface area contributed by atoms with Crippen LogP contribution in [0.1, 0.15) is 31.7 Å². The summed E-state index contributed by atoms with van der Waals surface area (Å²) < 4.78 is 5.68. The van der Waals surface area contributed by atoms with Crippen molar-refractivity contribution in [3.63, 3.8) is 0 Å². The van der Waals surface area contributed by atoms with Crippen LogP contribution in [-0.4, -0.2) is 41.1 Å². The van der Waals surface area contributed by atoms with Gasteiger partial charge in [-0.05, 0) is 26.3 Å². The van der Waals surface area contributed by atoms with E-state index in [0.29, 0.717) is 18.2 Å². The van der Waals surface area contributed by atoms with Crippen LogP contribution in [0.25, 0.3) is 0 Å². The van der Waals surface area contributed by atoms with Crippen LogP contribution in [0.15, 0.2) is 6.07 Å². The van der Waals surface area contributed by atoms with Crippen molar-refractivity contribution in [3.8, 4) is 0 Å². The average Bonchev–Trinajstić information content (AvgIpc) is 2.37. The van der Waals surface area contributed by atoms with E-state index in [9.17, 15) is 0 Å². The number of nitrogens with zero attached hydrogens (tertiary/aromatic N) is 3. The van der Waals surface area contributed by atoms with Gasteiger partial charge in [-0.3, -0.25) is 5.41 Å². The van der Waals surface area contributed by atoms with Crippen LogP contribution < -0.4 is 10.6 Å². The van der Waals surface area contributed by atoms with E-state index in [1.54, 1.807) is 6.07 Å². The maximum absolute atomic E-state index is 7.52. The van der Waals surface area contributed by atoms with Gasteiger partial charge in [-0.2, -0.15) is 0 Å². The molecule has 0 radical (unpaired) electrons. The highest BCUT2D eigenvalue weighted by Crippen LogP contribution is 2.20. The first-order valence-electron chi connectivity index (χ1n) is 6.59. The van der Waals surface area contributed by atoms with Crippen molar-refractivity contribution in [1.29, 1.82) is 5.41 Å². The number of morpholine rings is 1. The third-order valence-corrected chi connectivity index (χ3v) is 3.31. The highest BCUT2D eigenvalue weighted by atomic mass is 16.5. The summed E-state index contributed by atoms with van der Waals surface area (Å²) in [6, 6.07) is 2.01. The molecular weight excluding hydrogens is 242 g/mol. The number of aromatic nitrogens is 2. The smallest absolute Gasteiger partial charge is 0.226 e. The zero-order chi connectivity index (χ0) is 14.0. The number of nitrogens with one attached hydrogen (secondary N) is 1. The van der Waals surface area contributed by atoms with Crippen LogP contribution >= 0.6 is 0 Å². The van der Waals surface area contributed by atoms with Gasteiger partial charge >= 0.3 is 0 Å². The Balaban J connectivity index is 2.35. The van der Waals surface area contributed by atoms with Crippen molar-refractivity contribution in [2.24, 2.45) is 5.73 Å². The zero-order valence-electron chi connectivity index (χ0n) is 11.7. The Morgan fingerprint density at radius 2 is 2.32 bits per heavy atom. The number of aryl methyl sites for hydroxylation is 1. The van der Waals surface area contributed by atoms with Crippen LogP contribution in [0.3, 0.4) is 0 Å². The lowest BCUT2D eigenvalue weighted by Crippen LogP contribution is -2.49. The van der Waals surface area contributed by atoms with E-state index < -0.39 is 0 Å². The van der Waals surface area contributed by atoms with E-state index in [1.807, 2.05) is 13.8 Å². The zero-order valence-corrected chi connectivity index (χ0v) is 11.7. The molecule has 0 spiro atoms. The monoisotopic (exact) mass is 263 g/mol. The van der Waals surface area contributed by atoms with Gasteiger partial charge in [0.15, 0.2) is 0 Å².